The van der Waals surface area contributed by atoms with Gasteiger partial charge in [-0.2, -0.15) is 0 Å². The van der Waals surface area contributed by atoms with Gasteiger partial charge in [-0.15, -0.1) is 0 Å². The highest BCUT2D eigenvalue weighted by atomic mass is 32.2. The molecule has 0 spiro atoms. The highest BCUT2D eigenvalue weighted by Crippen LogP contribution is 2.20. The smallest absolute Gasteiger partial charge is 0.241 e. The molecule has 0 aromatic heterocycles. The highest BCUT2D eigenvalue weighted by Gasteiger charge is 2.31. The van der Waals surface area contributed by atoms with Crippen LogP contribution in [-0.2, 0) is 26.1 Å². The molecule has 0 saturated carbocycles. The minimum atomic E-state index is -3.90. The summed E-state index contributed by atoms with van der Waals surface area (Å²) < 4.78 is 51.6. The van der Waals surface area contributed by atoms with E-state index in [-0.39, 0.29) is 29.6 Å². The van der Waals surface area contributed by atoms with Crippen molar-refractivity contribution in [3.8, 4) is 5.75 Å². The number of ether oxygens (including phenoxy) is 2. The number of carbonyl (C=O) groups is 1. The maximum absolute atomic E-state index is 12.9. The van der Waals surface area contributed by atoms with Crippen LogP contribution in [0.15, 0.2) is 65.6 Å². The lowest BCUT2D eigenvalue weighted by molar-refractivity contribution is -0.125. The van der Waals surface area contributed by atoms with Gasteiger partial charge >= 0.3 is 0 Å². The van der Waals surface area contributed by atoms with Gasteiger partial charge in [-0.1, -0.05) is 30.4 Å². The second-order valence-electron chi connectivity index (χ2n) is 7.21. The Labute approximate surface area is 186 Å². The van der Waals surface area contributed by atoms with Crippen molar-refractivity contribution in [2.45, 2.75) is 36.1 Å². The van der Waals surface area contributed by atoms with Gasteiger partial charge in [0.05, 0.1) is 37.2 Å². The predicted octanol–water partition coefficient (Wildman–Crippen LogP) is 1.50. The first-order chi connectivity index (χ1) is 15.3. The average molecular weight is 465 g/mol. The molecule has 8 nitrogen and oxygen atoms in total. The lowest BCUT2D eigenvalue weighted by Gasteiger charge is -2.31. The molecule has 0 bridgehead atoms. The summed E-state index contributed by atoms with van der Waals surface area (Å²) in [5.41, 5.74) is 0.750. The van der Waals surface area contributed by atoms with Crippen molar-refractivity contribution in [1.29, 1.82) is 0 Å². The fourth-order valence-corrected chi connectivity index (χ4v) is 4.44. The number of methoxy groups -OCH3 is 1. The number of aliphatic hydroxyl groups excluding tert-OH is 1. The standard InChI is InChI=1S/C22H25FN2O6S/c1-30-17-3-2-4-19(11-17)32(28,29)25-20-10-9-18(31-21(20)14-26)12-22(27)24-13-15-5-7-16(23)8-6-15/h2-11,18,20-21,25-26H,12-14H2,1H3,(H,24,27)/t18-,20-,21-/m0/s1. The van der Waals surface area contributed by atoms with E-state index in [0.29, 0.717) is 5.75 Å². The van der Waals surface area contributed by atoms with Crippen molar-refractivity contribution >= 4 is 15.9 Å². The van der Waals surface area contributed by atoms with Crippen molar-refractivity contribution in [3.05, 3.63) is 72.1 Å². The van der Waals surface area contributed by atoms with Crippen LogP contribution in [0.2, 0.25) is 0 Å². The molecule has 3 N–H and O–H groups in total. The van der Waals surface area contributed by atoms with Gasteiger partial charge in [0, 0.05) is 12.6 Å². The molecule has 1 aliphatic rings. The molecule has 10 heteroatoms. The summed E-state index contributed by atoms with van der Waals surface area (Å²) in [6.45, 7) is -0.203. The summed E-state index contributed by atoms with van der Waals surface area (Å²) in [5, 5.41) is 12.4. The Kier molecular flexibility index (Phi) is 7.97. The van der Waals surface area contributed by atoms with E-state index < -0.39 is 34.9 Å². The fourth-order valence-electron chi connectivity index (χ4n) is 3.18. The number of halogens is 1. The van der Waals surface area contributed by atoms with E-state index in [4.69, 9.17) is 9.47 Å². The van der Waals surface area contributed by atoms with E-state index in [9.17, 15) is 22.7 Å². The molecule has 0 radical (unpaired) electrons. The Hall–Kier alpha value is -2.79. The third-order valence-electron chi connectivity index (χ3n) is 4.90. The van der Waals surface area contributed by atoms with Crippen LogP contribution in [0.25, 0.3) is 0 Å². The van der Waals surface area contributed by atoms with Gasteiger partial charge in [-0.05, 0) is 29.8 Å². The number of amides is 1. The van der Waals surface area contributed by atoms with Crippen LogP contribution in [-0.4, -0.2) is 51.4 Å². The largest absolute Gasteiger partial charge is 0.497 e. The number of hydrogen-bond donors (Lipinski definition) is 3. The SMILES string of the molecule is COc1cccc(S(=O)(=O)N[C@H]2C=C[C@@H](CC(=O)NCc3ccc(F)cc3)O[C@H]2CO)c1. The van der Waals surface area contributed by atoms with Crippen molar-refractivity contribution in [3.63, 3.8) is 0 Å². The summed E-state index contributed by atoms with van der Waals surface area (Å²) >= 11 is 0. The minimum absolute atomic E-state index is 0.0104. The number of benzene rings is 2. The summed E-state index contributed by atoms with van der Waals surface area (Å²) in [6.07, 6.45) is 1.65. The van der Waals surface area contributed by atoms with Crippen molar-refractivity contribution in [1.82, 2.24) is 10.0 Å². The van der Waals surface area contributed by atoms with Gasteiger partial charge in [-0.25, -0.2) is 17.5 Å². The van der Waals surface area contributed by atoms with Gasteiger partial charge in [-0.3, -0.25) is 4.79 Å². The Morgan fingerprint density at radius 2 is 1.94 bits per heavy atom. The van der Waals surface area contributed by atoms with E-state index in [2.05, 4.69) is 10.0 Å². The number of hydrogen-bond acceptors (Lipinski definition) is 6. The average Bonchev–Trinajstić information content (AvgIpc) is 2.79. The zero-order valence-electron chi connectivity index (χ0n) is 17.4. The molecule has 0 fully saturated rings. The van der Waals surface area contributed by atoms with Crippen LogP contribution in [0.3, 0.4) is 0 Å². The van der Waals surface area contributed by atoms with Gasteiger partial charge in [0.25, 0.3) is 0 Å². The molecule has 1 amide bonds. The van der Waals surface area contributed by atoms with Gasteiger partial charge in [0.15, 0.2) is 0 Å². The minimum Gasteiger partial charge on any atom is -0.497 e. The number of nitrogens with one attached hydrogen (secondary N) is 2. The topological polar surface area (TPSA) is 114 Å². The molecule has 1 aliphatic heterocycles. The van der Waals surface area contributed by atoms with Gasteiger partial charge in [0.1, 0.15) is 17.7 Å². The second kappa shape index (κ2) is 10.7. The van der Waals surface area contributed by atoms with Crippen molar-refractivity contribution in [2.75, 3.05) is 13.7 Å². The molecule has 0 unspecified atom stereocenters. The monoisotopic (exact) mass is 464 g/mol. The summed E-state index contributed by atoms with van der Waals surface area (Å²) in [4.78, 5) is 12.2. The van der Waals surface area contributed by atoms with Crippen LogP contribution in [0, 0.1) is 5.82 Å². The first-order valence-corrected chi connectivity index (χ1v) is 11.4. The third-order valence-corrected chi connectivity index (χ3v) is 6.35. The maximum atomic E-state index is 12.9. The zero-order chi connectivity index (χ0) is 23.1. The first-order valence-electron chi connectivity index (χ1n) is 9.93. The Balaban J connectivity index is 1.59. The molecule has 32 heavy (non-hydrogen) atoms. The van der Waals surface area contributed by atoms with Crippen LogP contribution < -0.4 is 14.8 Å². The number of rotatable bonds is 9. The molecule has 1 heterocycles. The molecule has 172 valence electrons. The van der Waals surface area contributed by atoms with Crippen LogP contribution in [0.1, 0.15) is 12.0 Å². The lowest BCUT2D eigenvalue weighted by atomic mass is 10.1. The normalized spacial score (nSPS) is 20.7. The molecule has 2 aromatic carbocycles. The lowest BCUT2D eigenvalue weighted by Crippen LogP contribution is -2.49. The molecule has 2 aromatic rings. The quantitative estimate of drug-likeness (QED) is 0.485. The summed E-state index contributed by atoms with van der Waals surface area (Å²) in [7, 11) is -2.46. The van der Waals surface area contributed by atoms with Crippen molar-refractivity contribution in [2.24, 2.45) is 0 Å². The first kappa shape index (κ1) is 23.9. The highest BCUT2D eigenvalue weighted by molar-refractivity contribution is 7.89. The second-order valence-corrected chi connectivity index (χ2v) is 8.93. The molecule has 0 saturated heterocycles. The van der Waals surface area contributed by atoms with E-state index in [1.807, 2.05) is 0 Å². The third kappa shape index (κ3) is 6.36. The van der Waals surface area contributed by atoms with Gasteiger partial charge < -0.3 is 19.9 Å². The Morgan fingerprint density at radius 3 is 2.62 bits per heavy atom. The fraction of sp³-hybridized carbons (Fsp3) is 0.318. The van der Waals surface area contributed by atoms with Crippen molar-refractivity contribution < 1.29 is 32.2 Å². The predicted molar refractivity (Wildman–Crippen MR) is 115 cm³/mol. The zero-order valence-corrected chi connectivity index (χ0v) is 18.2. The number of aliphatic hydroxyl groups is 1. The van der Waals surface area contributed by atoms with E-state index in [1.54, 1.807) is 36.4 Å². The van der Waals surface area contributed by atoms with E-state index in [0.717, 1.165) is 5.56 Å². The number of carbonyl (C=O) groups excluding carboxylic acids is 1. The van der Waals surface area contributed by atoms with Crippen LogP contribution in [0.5, 0.6) is 5.75 Å². The maximum Gasteiger partial charge on any atom is 0.241 e. The summed E-state index contributed by atoms with van der Waals surface area (Å²) in [6, 6.07) is 11.0. The van der Waals surface area contributed by atoms with E-state index in [1.165, 1.54) is 31.4 Å². The van der Waals surface area contributed by atoms with E-state index >= 15 is 0 Å². The molecular weight excluding hydrogens is 439 g/mol. The van der Waals surface area contributed by atoms with Crippen LogP contribution >= 0.6 is 0 Å². The Bertz CT molecular complexity index is 1060. The van der Waals surface area contributed by atoms with Crippen LogP contribution in [0.4, 0.5) is 4.39 Å². The molecule has 3 atom stereocenters. The Morgan fingerprint density at radius 1 is 1.19 bits per heavy atom. The molecule has 3 rings (SSSR count). The number of sulfonamides is 1. The van der Waals surface area contributed by atoms with Gasteiger partial charge in [0.2, 0.25) is 15.9 Å². The molecule has 0 aliphatic carbocycles. The summed E-state index contributed by atoms with van der Waals surface area (Å²) in [5.74, 6) is -0.253. The molecular formula is C22H25FN2O6S.